The number of nitrogens with two attached hydrogens (primary N) is 1. The van der Waals surface area contributed by atoms with Crippen molar-refractivity contribution in [3.05, 3.63) is 16.3 Å². The summed E-state index contributed by atoms with van der Waals surface area (Å²) in [5.74, 6) is 1.90. The zero-order valence-corrected chi connectivity index (χ0v) is 13.9. The van der Waals surface area contributed by atoms with Crippen LogP contribution in [0.2, 0.25) is 0 Å². The second kappa shape index (κ2) is 5.17. The zero-order chi connectivity index (χ0) is 15.3. The molecule has 1 aliphatic rings. The third-order valence-electron chi connectivity index (χ3n) is 3.79. The van der Waals surface area contributed by atoms with Crippen molar-refractivity contribution in [2.45, 2.75) is 43.6 Å². The highest BCUT2D eigenvalue weighted by atomic mass is 32.2. The standard InChI is InChI=1S/C13H15N7S2/c1-6-7(2)22-12-10(6)11(14)15-9(16-12)5-21-13-17-18-19-20(13)8-3-4-8/h8H,3-5H2,1-2H3,(H2,14,15,16). The smallest absolute Gasteiger partial charge is 0.210 e. The average Bonchev–Trinajstić information content (AvgIpc) is 3.15. The molecule has 114 valence electrons. The molecule has 1 saturated carbocycles. The molecule has 0 unspecified atom stereocenters. The van der Waals surface area contributed by atoms with Gasteiger partial charge in [-0.3, -0.25) is 0 Å². The van der Waals surface area contributed by atoms with Crippen LogP contribution in [0.4, 0.5) is 5.82 Å². The van der Waals surface area contributed by atoms with Crippen molar-refractivity contribution in [3.63, 3.8) is 0 Å². The van der Waals surface area contributed by atoms with Gasteiger partial charge in [-0.1, -0.05) is 11.8 Å². The van der Waals surface area contributed by atoms with Gasteiger partial charge in [0.05, 0.1) is 17.2 Å². The lowest BCUT2D eigenvalue weighted by molar-refractivity contribution is 0.565. The molecule has 0 spiro atoms. The van der Waals surface area contributed by atoms with E-state index in [0.29, 0.717) is 17.6 Å². The highest BCUT2D eigenvalue weighted by molar-refractivity contribution is 7.98. The predicted octanol–water partition coefficient (Wildman–Crippen LogP) is 2.50. The van der Waals surface area contributed by atoms with E-state index in [0.717, 1.165) is 34.0 Å². The van der Waals surface area contributed by atoms with E-state index < -0.39 is 0 Å². The number of rotatable bonds is 4. The minimum absolute atomic E-state index is 0.466. The lowest BCUT2D eigenvalue weighted by Gasteiger charge is -2.04. The van der Waals surface area contributed by atoms with Gasteiger partial charge in [0.2, 0.25) is 5.16 Å². The number of nitrogen functional groups attached to an aromatic ring is 1. The third kappa shape index (κ3) is 2.34. The van der Waals surface area contributed by atoms with E-state index in [1.807, 2.05) is 4.68 Å². The Labute approximate surface area is 135 Å². The van der Waals surface area contributed by atoms with Crippen molar-refractivity contribution < 1.29 is 0 Å². The normalized spacial score (nSPS) is 14.8. The maximum Gasteiger partial charge on any atom is 0.210 e. The van der Waals surface area contributed by atoms with E-state index in [1.165, 1.54) is 10.4 Å². The Morgan fingerprint density at radius 2 is 2.14 bits per heavy atom. The highest BCUT2D eigenvalue weighted by Crippen LogP contribution is 2.37. The second-order valence-electron chi connectivity index (χ2n) is 5.41. The average molecular weight is 333 g/mol. The van der Waals surface area contributed by atoms with E-state index in [1.54, 1.807) is 23.1 Å². The molecule has 0 aromatic carbocycles. The van der Waals surface area contributed by atoms with Crippen molar-refractivity contribution in [2.75, 3.05) is 5.73 Å². The second-order valence-corrected chi connectivity index (χ2v) is 7.56. The summed E-state index contributed by atoms with van der Waals surface area (Å²) in [6.07, 6.45) is 2.31. The van der Waals surface area contributed by atoms with Crippen LogP contribution in [0.15, 0.2) is 5.16 Å². The van der Waals surface area contributed by atoms with E-state index in [4.69, 9.17) is 5.73 Å². The summed E-state index contributed by atoms with van der Waals surface area (Å²) < 4.78 is 1.89. The lowest BCUT2D eigenvalue weighted by atomic mass is 10.2. The molecule has 22 heavy (non-hydrogen) atoms. The van der Waals surface area contributed by atoms with Gasteiger partial charge >= 0.3 is 0 Å². The fraction of sp³-hybridized carbons (Fsp3) is 0.462. The summed E-state index contributed by atoms with van der Waals surface area (Å²) in [5.41, 5.74) is 7.28. The molecule has 1 fully saturated rings. The molecular weight excluding hydrogens is 318 g/mol. The van der Waals surface area contributed by atoms with E-state index in [-0.39, 0.29) is 0 Å². The van der Waals surface area contributed by atoms with Gasteiger partial charge in [0.15, 0.2) is 0 Å². The topological polar surface area (TPSA) is 95.4 Å². The Morgan fingerprint density at radius 3 is 2.91 bits per heavy atom. The molecule has 3 heterocycles. The molecule has 3 aromatic heterocycles. The number of hydrogen-bond acceptors (Lipinski definition) is 8. The Bertz CT molecular complexity index is 850. The number of hydrogen-bond donors (Lipinski definition) is 1. The molecule has 0 aliphatic heterocycles. The minimum Gasteiger partial charge on any atom is -0.383 e. The number of aryl methyl sites for hydroxylation is 2. The monoisotopic (exact) mass is 333 g/mol. The zero-order valence-electron chi connectivity index (χ0n) is 12.3. The van der Waals surface area contributed by atoms with Crippen LogP contribution in [0.25, 0.3) is 10.2 Å². The lowest BCUT2D eigenvalue weighted by Crippen LogP contribution is -2.01. The SMILES string of the molecule is Cc1sc2nc(CSc3nnnn3C3CC3)nc(N)c2c1C. The predicted molar refractivity (Wildman–Crippen MR) is 87.0 cm³/mol. The molecule has 0 amide bonds. The molecule has 7 nitrogen and oxygen atoms in total. The molecular formula is C13H15N7S2. The van der Waals surface area contributed by atoms with E-state index >= 15 is 0 Å². The first kappa shape index (κ1) is 13.9. The van der Waals surface area contributed by atoms with Gasteiger partial charge in [0.1, 0.15) is 16.5 Å². The summed E-state index contributed by atoms with van der Waals surface area (Å²) in [7, 11) is 0. The summed E-state index contributed by atoms with van der Waals surface area (Å²) in [4.78, 5) is 11.3. The molecule has 9 heteroatoms. The van der Waals surface area contributed by atoms with E-state index in [2.05, 4.69) is 39.3 Å². The van der Waals surface area contributed by atoms with Crippen LogP contribution >= 0.6 is 23.1 Å². The number of tetrazole rings is 1. The first-order chi connectivity index (χ1) is 10.6. The number of fused-ring (bicyclic) bond motifs is 1. The fourth-order valence-corrected chi connectivity index (χ4v) is 4.20. The third-order valence-corrected chi connectivity index (χ3v) is 5.82. The van der Waals surface area contributed by atoms with E-state index in [9.17, 15) is 0 Å². The van der Waals surface area contributed by atoms with Crippen LogP contribution in [0, 0.1) is 13.8 Å². The molecule has 4 rings (SSSR count). The molecule has 0 bridgehead atoms. The Kier molecular flexibility index (Phi) is 3.26. The molecule has 2 N–H and O–H groups in total. The minimum atomic E-state index is 0.466. The fourth-order valence-electron chi connectivity index (χ4n) is 2.35. The largest absolute Gasteiger partial charge is 0.383 e. The molecule has 0 saturated heterocycles. The van der Waals surface area contributed by atoms with Crippen molar-refractivity contribution in [3.8, 4) is 0 Å². The first-order valence-electron chi connectivity index (χ1n) is 7.06. The van der Waals surface area contributed by atoms with Crippen LogP contribution in [0.1, 0.15) is 35.1 Å². The summed E-state index contributed by atoms with van der Waals surface area (Å²) in [6.45, 7) is 4.14. The summed E-state index contributed by atoms with van der Waals surface area (Å²) in [6, 6.07) is 0.466. The van der Waals surface area contributed by atoms with Gasteiger partial charge in [0, 0.05) is 4.88 Å². The number of thioether (sulfide) groups is 1. The van der Waals surface area contributed by atoms with Crippen molar-refractivity contribution in [2.24, 2.45) is 0 Å². The number of anilines is 1. The Hall–Kier alpha value is -1.74. The molecule has 3 aromatic rings. The van der Waals surface area contributed by atoms with Gasteiger partial charge in [-0.25, -0.2) is 14.6 Å². The molecule has 0 atom stereocenters. The van der Waals surface area contributed by atoms with Crippen molar-refractivity contribution in [1.82, 2.24) is 30.2 Å². The Morgan fingerprint density at radius 1 is 1.32 bits per heavy atom. The van der Waals surface area contributed by atoms with Crippen LogP contribution in [0.5, 0.6) is 0 Å². The number of nitrogens with zero attached hydrogens (tertiary/aromatic N) is 6. The maximum atomic E-state index is 6.11. The van der Waals surface area contributed by atoms with Crippen LogP contribution in [-0.2, 0) is 5.75 Å². The number of aromatic nitrogens is 6. The van der Waals surface area contributed by atoms with Crippen molar-refractivity contribution >= 4 is 39.1 Å². The van der Waals surface area contributed by atoms with Gasteiger partial charge in [-0.2, -0.15) is 0 Å². The van der Waals surface area contributed by atoms with Gasteiger partial charge in [0.25, 0.3) is 0 Å². The first-order valence-corrected chi connectivity index (χ1v) is 8.86. The summed E-state index contributed by atoms with van der Waals surface area (Å²) >= 11 is 3.22. The number of thiophene rings is 1. The Balaban J connectivity index is 1.60. The van der Waals surface area contributed by atoms with Crippen LogP contribution in [0.3, 0.4) is 0 Å². The van der Waals surface area contributed by atoms with Gasteiger partial charge in [-0.15, -0.1) is 16.4 Å². The summed E-state index contributed by atoms with van der Waals surface area (Å²) in [5, 5.41) is 13.7. The van der Waals surface area contributed by atoms with Gasteiger partial charge in [-0.05, 0) is 42.7 Å². The highest BCUT2D eigenvalue weighted by Gasteiger charge is 2.28. The van der Waals surface area contributed by atoms with Crippen LogP contribution < -0.4 is 5.73 Å². The van der Waals surface area contributed by atoms with Gasteiger partial charge < -0.3 is 5.73 Å². The quantitative estimate of drug-likeness (QED) is 0.733. The maximum absolute atomic E-state index is 6.11. The molecule has 0 radical (unpaired) electrons. The molecule has 1 aliphatic carbocycles. The van der Waals surface area contributed by atoms with Crippen LogP contribution in [-0.4, -0.2) is 30.2 Å². The van der Waals surface area contributed by atoms with Crippen molar-refractivity contribution in [1.29, 1.82) is 0 Å².